The molecule has 0 radical (unpaired) electrons. The molecule has 0 unspecified atom stereocenters. The van der Waals surface area contributed by atoms with Crippen LogP contribution in [0.4, 0.5) is 0 Å². The molecular formula is C9H21N3O2S2. The monoisotopic (exact) mass is 267 g/mol. The third-order valence-corrected chi connectivity index (χ3v) is 5.52. The highest BCUT2D eigenvalue weighted by molar-refractivity contribution is 7.99. The fourth-order valence-corrected chi connectivity index (χ4v) is 4.10. The van der Waals surface area contributed by atoms with E-state index in [4.69, 9.17) is 0 Å². The second-order valence-electron chi connectivity index (χ2n) is 3.80. The Labute approximate surface area is 103 Å². The lowest BCUT2D eigenvalue weighted by atomic mass is 10.4. The van der Waals surface area contributed by atoms with Crippen molar-refractivity contribution in [2.24, 2.45) is 0 Å². The lowest BCUT2D eigenvalue weighted by Crippen LogP contribution is -2.46. The van der Waals surface area contributed by atoms with E-state index >= 15 is 0 Å². The van der Waals surface area contributed by atoms with Crippen molar-refractivity contribution in [3.05, 3.63) is 0 Å². The second kappa shape index (κ2) is 6.80. The molecule has 1 aliphatic heterocycles. The number of hydrogen-bond donors (Lipinski definition) is 1. The van der Waals surface area contributed by atoms with Crippen molar-refractivity contribution in [2.45, 2.75) is 6.42 Å². The van der Waals surface area contributed by atoms with Gasteiger partial charge in [0.05, 0.1) is 0 Å². The molecule has 7 heteroatoms. The van der Waals surface area contributed by atoms with Crippen molar-refractivity contribution in [3.8, 4) is 0 Å². The van der Waals surface area contributed by atoms with Crippen LogP contribution < -0.4 is 5.32 Å². The normalized spacial score (nSPS) is 19.2. The Kier molecular flexibility index (Phi) is 6.06. The van der Waals surface area contributed by atoms with Crippen LogP contribution in [0.15, 0.2) is 0 Å². The minimum absolute atomic E-state index is 0.576. The Morgan fingerprint density at radius 2 is 2.00 bits per heavy atom. The molecule has 0 amide bonds. The lowest BCUT2D eigenvalue weighted by Gasteiger charge is -2.29. The average molecular weight is 267 g/mol. The van der Waals surface area contributed by atoms with Gasteiger partial charge in [0.1, 0.15) is 0 Å². The highest BCUT2D eigenvalue weighted by Crippen LogP contribution is 2.15. The van der Waals surface area contributed by atoms with E-state index in [9.17, 15) is 8.42 Å². The van der Waals surface area contributed by atoms with Crippen molar-refractivity contribution in [1.82, 2.24) is 13.9 Å². The zero-order chi connectivity index (χ0) is 12.0. The Morgan fingerprint density at radius 1 is 1.38 bits per heavy atom. The summed E-state index contributed by atoms with van der Waals surface area (Å²) >= 11 is 1.81. The first kappa shape index (κ1) is 14.2. The van der Waals surface area contributed by atoms with Crippen LogP contribution in [-0.2, 0) is 10.2 Å². The largest absolute Gasteiger partial charge is 0.320 e. The second-order valence-corrected chi connectivity index (χ2v) is 7.06. The fourth-order valence-electron chi connectivity index (χ4n) is 1.57. The minimum atomic E-state index is -3.22. The van der Waals surface area contributed by atoms with Gasteiger partial charge in [0.15, 0.2) is 0 Å². The van der Waals surface area contributed by atoms with Crippen molar-refractivity contribution >= 4 is 22.0 Å². The maximum absolute atomic E-state index is 12.1. The third-order valence-electron chi connectivity index (χ3n) is 2.59. The molecule has 1 rings (SSSR count). The zero-order valence-electron chi connectivity index (χ0n) is 9.98. The summed E-state index contributed by atoms with van der Waals surface area (Å²) in [5, 5.41) is 3.02. The number of rotatable bonds is 6. The van der Waals surface area contributed by atoms with Crippen LogP contribution in [0.25, 0.3) is 0 Å². The van der Waals surface area contributed by atoms with Crippen LogP contribution in [0.3, 0.4) is 0 Å². The molecule has 1 N–H and O–H groups in total. The van der Waals surface area contributed by atoms with Gasteiger partial charge in [0, 0.05) is 38.2 Å². The first-order valence-electron chi connectivity index (χ1n) is 5.53. The van der Waals surface area contributed by atoms with Gasteiger partial charge in [-0.15, -0.1) is 0 Å². The molecule has 0 aromatic heterocycles. The van der Waals surface area contributed by atoms with E-state index in [-0.39, 0.29) is 0 Å². The predicted molar refractivity (Wildman–Crippen MR) is 69.0 cm³/mol. The topological polar surface area (TPSA) is 52.7 Å². The van der Waals surface area contributed by atoms with Crippen LogP contribution in [0.1, 0.15) is 6.42 Å². The molecule has 0 saturated carbocycles. The van der Waals surface area contributed by atoms with Crippen LogP contribution in [0.2, 0.25) is 0 Å². The summed E-state index contributed by atoms with van der Waals surface area (Å²) in [6.45, 7) is 2.70. The smallest absolute Gasteiger partial charge is 0.281 e. The van der Waals surface area contributed by atoms with Gasteiger partial charge in [-0.1, -0.05) is 0 Å². The standard InChI is InChI=1S/C9H21N3O2S2/c1-10-4-3-5-11(2)16(13,14)12-6-8-15-9-7-12/h10H,3-9H2,1-2H3. The average Bonchev–Trinajstić information content (AvgIpc) is 2.30. The van der Waals surface area contributed by atoms with Gasteiger partial charge in [-0.05, 0) is 20.0 Å². The molecule has 96 valence electrons. The predicted octanol–water partition coefficient (Wildman–Crippen LogP) is -0.179. The summed E-state index contributed by atoms with van der Waals surface area (Å²) < 4.78 is 27.2. The van der Waals surface area contributed by atoms with E-state index in [1.54, 1.807) is 11.4 Å². The Balaban J connectivity index is 2.47. The molecule has 0 bridgehead atoms. The maximum atomic E-state index is 12.1. The van der Waals surface area contributed by atoms with Gasteiger partial charge in [-0.25, -0.2) is 0 Å². The van der Waals surface area contributed by atoms with Gasteiger partial charge < -0.3 is 5.32 Å². The minimum Gasteiger partial charge on any atom is -0.320 e. The highest BCUT2D eigenvalue weighted by Gasteiger charge is 2.27. The Hall–Kier alpha value is 0.180. The number of thioether (sulfide) groups is 1. The third kappa shape index (κ3) is 3.89. The number of nitrogens with zero attached hydrogens (tertiary/aromatic N) is 2. The van der Waals surface area contributed by atoms with Gasteiger partial charge in [0.25, 0.3) is 10.2 Å². The quantitative estimate of drug-likeness (QED) is 0.679. The molecule has 1 fully saturated rings. The van der Waals surface area contributed by atoms with Crippen molar-refractivity contribution in [2.75, 3.05) is 51.8 Å². The van der Waals surface area contributed by atoms with Crippen LogP contribution in [-0.4, -0.2) is 68.8 Å². The Morgan fingerprint density at radius 3 is 2.56 bits per heavy atom. The molecule has 0 spiro atoms. The summed E-state index contributed by atoms with van der Waals surface area (Å²) in [6.07, 6.45) is 0.842. The SMILES string of the molecule is CNCCCN(C)S(=O)(=O)N1CCSCC1. The first-order chi connectivity index (χ1) is 7.59. The first-order valence-corrected chi connectivity index (χ1v) is 8.08. The fraction of sp³-hybridized carbons (Fsp3) is 1.00. The number of hydrogen-bond acceptors (Lipinski definition) is 4. The molecular weight excluding hydrogens is 246 g/mol. The summed E-state index contributed by atoms with van der Waals surface area (Å²) in [4.78, 5) is 0. The molecule has 0 atom stereocenters. The van der Waals surface area contributed by atoms with E-state index in [2.05, 4.69) is 5.32 Å². The summed E-state index contributed by atoms with van der Waals surface area (Å²) in [7, 11) is 0.314. The van der Waals surface area contributed by atoms with Crippen LogP contribution >= 0.6 is 11.8 Å². The van der Waals surface area contributed by atoms with E-state index in [0.29, 0.717) is 19.6 Å². The molecule has 5 nitrogen and oxygen atoms in total. The molecule has 1 saturated heterocycles. The van der Waals surface area contributed by atoms with Gasteiger partial charge in [-0.2, -0.15) is 28.8 Å². The number of nitrogens with one attached hydrogen (secondary N) is 1. The summed E-state index contributed by atoms with van der Waals surface area (Å²) in [5.41, 5.74) is 0. The Bertz CT molecular complexity index is 289. The van der Waals surface area contributed by atoms with E-state index in [0.717, 1.165) is 24.5 Å². The van der Waals surface area contributed by atoms with Gasteiger partial charge in [-0.3, -0.25) is 0 Å². The molecule has 0 aromatic rings. The van der Waals surface area contributed by atoms with Crippen molar-refractivity contribution in [1.29, 1.82) is 0 Å². The van der Waals surface area contributed by atoms with Gasteiger partial charge >= 0.3 is 0 Å². The molecule has 0 aliphatic carbocycles. The van der Waals surface area contributed by atoms with Crippen LogP contribution in [0.5, 0.6) is 0 Å². The molecule has 1 aliphatic rings. The molecule has 1 heterocycles. The molecule has 0 aromatic carbocycles. The van der Waals surface area contributed by atoms with Crippen LogP contribution in [0, 0.1) is 0 Å². The molecule has 16 heavy (non-hydrogen) atoms. The van der Waals surface area contributed by atoms with Gasteiger partial charge in [0.2, 0.25) is 0 Å². The lowest BCUT2D eigenvalue weighted by molar-refractivity contribution is 0.373. The summed E-state index contributed by atoms with van der Waals surface area (Å²) in [5.74, 6) is 1.81. The summed E-state index contributed by atoms with van der Waals surface area (Å²) in [6, 6.07) is 0. The zero-order valence-corrected chi connectivity index (χ0v) is 11.6. The maximum Gasteiger partial charge on any atom is 0.281 e. The van der Waals surface area contributed by atoms with Crippen molar-refractivity contribution in [3.63, 3.8) is 0 Å². The van der Waals surface area contributed by atoms with E-state index in [1.807, 2.05) is 18.8 Å². The van der Waals surface area contributed by atoms with E-state index < -0.39 is 10.2 Å². The highest BCUT2D eigenvalue weighted by atomic mass is 32.2. The van der Waals surface area contributed by atoms with Crippen molar-refractivity contribution < 1.29 is 8.42 Å². The van der Waals surface area contributed by atoms with E-state index in [1.165, 1.54) is 4.31 Å².